The number of hydrogen-bond acceptors (Lipinski definition) is 3. The van der Waals surface area contributed by atoms with Crippen LogP contribution in [0, 0.1) is 6.92 Å². The topological polar surface area (TPSA) is 80.2 Å². The molecule has 4 rings (SSSR count). The van der Waals surface area contributed by atoms with Crippen molar-refractivity contribution in [3.05, 3.63) is 93.9 Å². The Bertz CT molecular complexity index is 1190. The molecular formula is C27H29N3O3. The summed E-state index contributed by atoms with van der Waals surface area (Å²) in [6, 6.07) is 17.8. The number of aromatic nitrogens is 1. The van der Waals surface area contributed by atoms with Crippen LogP contribution in [0.2, 0.25) is 0 Å². The van der Waals surface area contributed by atoms with Gasteiger partial charge in [-0.2, -0.15) is 0 Å². The van der Waals surface area contributed by atoms with Crippen molar-refractivity contribution in [2.24, 2.45) is 0 Å². The van der Waals surface area contributed by atoms with Gasteiger partial charge in [-0.25, -0.2) is 0 Å². The number of carbonyl (C=O) groups excluding carboxylic acids is 2. The molecule has 33 heavy (non-hydrogen) atoms. The van der Waals surface area contributed by atoms with Crippen LogP contribution >= 0.6 is 0 Å². The van der Waals surface area contributed by atoms with Crippen molar-refractivity contribution in [1.82, 2.24) is 9.88 Å². The summed E-state index contributed by atoms with van der Waals surface area (Å²) in [7, 11) is 0. The first-order chi connectivity index (χ1) is 16.0. The third-order valence-electron chi connectivity index (χ3n) is 6.07. The highest BCUT2D eigenvalue weighted by Gasteiger charge is 2.18. The molecule has 6 nitrogen and oxygen atoms in total. The van der Waals surface area contributed by atoms with Gasteiger partial charge < -0.3 is 10.6 Å². The molecule has 3 aromatic rings. The number of rotatable bonds is 5. The minimum Gasteiger partial charge on any atom is -0.349 e. The third-order valence-corrected chi connectivity index (χ3v) is 6.07. The number of pyridine rings is 1. The molecule has 0 atom stereocenters. The number of anilines is 1. The summed E-state index contributed by atoms with van der Waals surface area (Å²) in [5, 5.41) is 5.91. The molecule has 1 heterocycles. The lowest BCUT2D eigenvalue weighted by Gasteiger charge is -2.16. The third kappa shape index (κ3) is 5.58. The maximum absolute atomic E-state index is 13.0. The number of carbonyl (C=O) groups is 2. The van der Waals surface area contributed by atoms with Crippen molar-refractivity contribution in [3.8, 4) is 5.69 Å². The normalized spacial score (nSPS) is 14.3. The van der Waals surface area contributed by atoms with Crippen LogP contribution in [0.1, 0.15) is 64.8 Å². The van der Waals surface area contributed by atoms with Crippen LogP contribution in [0.5, 0.6) is 0 Å². The van der Waals surface area contributed by atoms with E-state index in [2.05, 4.69) is 10.6 Å². The van der Waals surface area contributed by atoms with Gasteiger partial charge in [0.05, 0.1) is 0 Å². The van der Waals surface area contributed by atoms with Crippen LogP contribution in [0.25, 0.3) is 5.69 Å². The molecule has 2 N–H and O–H groups in total. The predicted octanol–water partition coefficient (Wildman–Crippen LogP) is 4.85. The molecule has 0 unspecified atom stereocenters. The number of aryl methyl sites for hydroxylation is 1. The molecule has 1 aliphatic carbocycles. The highest BCUT2D eigenvalue weighted by molar-refractivity contribution is 6.04. The van der Waals surface area contributed by atoms with E-state index in [9.17, 15) is 14.4 Å². The Balaban J connectivity index is 1.48. The number of nitrogens with one attached hydrogen (secondary N) is 2. The van der Waals surface area contributed by atoms with Gasteiger partial charge in [-0.3, -0.25) is 19.0 Å². The number of hydrogen-bond donors (Lipinski definition) is 2. The van der Waals surface area contributed by atoms with Gasteiger partial charge in [-0.1, -0.05) is 43.4 Å². The molecule has 0 aliphatic heterocycles. The molecule has 0 radical (unpaired) electrons. The van der Waals surface area contributed by atoms with Crippen molar-refractivity contribution >= 4 is 17.5 Å². The van der Waals surface area contributed by atoms with Gasteiger partial charge in [0.25, 0.3) is 17.4 Å². The van der Waals surface area contributed by atoms with Crippen LogP contribution in [0.4, 0.5) is 5.69 Å². The molecule has 6 heteroatoms. The SMILES string of the molecule is Cc1cccc(C(=O)Nc2ccc(-n3cccc(C(=O)NC4CCCCCC4)c3=O)cc2)c1. The summed E-state index contributed by atoms with van der Waals surface area (Å²) in [4.78, 5) is 38.3. The molecule has 1 aromatic heterocycles. The zero-order valence-electron chi connectivity index (χ0n) is 18.8. The largest absolute Gasteiger partial charge is 0.349 e. The number of benzene rings is 2. The average Bonchev–Trinajstić information content (AvgIpc) is 3.08. The van der Waals surface area contributed by atoms with Gasteiger partial charge in [0.15, 0.2) is 0 Å². The Labute approximate surface area is 193 Å². The van der Waals surface area contributed by atoms with Crippen molar-refractivity contribution in [1.29, 1.82) is 0 Å². The summed E-state index contributed by atoms with van der Waals surface area (Å²) in [6.07, 6.45) is 8.18. The lowest BCUT2D eigenvalue weighted by Crippen LogP contribution is -2.38. The molecular weight excluding hydrogens is 414 g/mol. The van der Waals surface area contributed by atoms with E-state index in [1.165, 1.54) is 17.4 Å². The monoisotopic (exact) mass is 443 g/mol. The zero-order chi connectivity index (χ0) is 23.2. The molecule has 0 bridgehead atoms. The zero-order valence-corrected chi connectivity index (χ0v) is 18.8. The minimum atomic E-state index is -0.361. The van der Waals surface area contributed by atoms with Crippen LogP contribution < -0.4 is 16.2 Å². The van der Waals surface area contributed by atoms with Gasteiger partial charge in [-0.15, -0.1) is 0 Å². The molecule has 2 amide bonds. The smallest absolute Gasteiger partial charge is 0.267 e. The van der Waals surface area contributed by atoms with Gasteiger partial charge in [0.1, 0.15) is 5.56 Å². The standard InChI is InChI=1S/C27H29N3O3/c1-19-8-6-9-20(18-19)25(31)28-22-13-15-23(16-14-22)30-17-7-12-24(27(30)33)26(32)29-21-10-4-2-3-5-11-21/h6-9,12-18,21H,2-5,10-11H2,1H3,(H,28,31)(H,29,32). The van der Waals surface area contributed by atoms with E-state index in [1.807, 2.05) is 25.1 Å². The molecule has 1 fully saturated rings. The Hall–Kier alpha value is -3.67. The maximum Gasteiger partial charge on any atom is 0.267 e. The predicted molar refractivity (Wildman–Crippen MR) is 130 cm³/mol. The van der Waals surface area contributed by atoms with Crippen molar-refractivity contribution < 1.29 is 9.59 Å². The van der Waals surface area contributed by atoms with Crippen LogP contribution in [-0.4, -0.2) is 22.4 Å². The summed E-state index contributed by atoms with van der Waals surface area (Å²) in [5.74, 6) is -0.510. The highest BCUT2D eigenvalue weighted by Crippen LogP contribution is 2.18. The first-order valence-electron chi connectivity index (χ1n) is 11.5. The lowest BCUT2D eigenvalue weighted by atomic mass is 10.1. The first-order valence-corrected chi connectivity index (χ1v) is 11.5. The molecule has 170 valence electrons. The fraction of sp³-hybridized carbons (Fsp3) is 0.296. The molecule has 0 spiro atoms. The Morgan fingerprint density at radius 1 is 0.879 bits per heavy atom. The van der Waals surface area contributed by atoms with E-state index in [-0.39, 0.29) is 29.0 Å². The minimum absolute atomic E-state index is 0.129. The first kappa shape index (κ1) is 22.5. The summed E-state index contributed by atoms with van der Waals surface area (Å²) < 4.78 is 1.45. The average molecular weight is 444 g/mol. The summed E-state index contributed by atoms with van der Waals surface area (Å²) >= 11 is 0. The fourth-order valence-corrected chi connectivity index (χ4v) is 4.25. The molecule has 0 saturated heterocycles. The van der Waals surface area contributed by atoms with E-state index in [0.717, 1.165) is 31.2 Å². The van der Waals surface area contributed by atoms with Gasteiger partial charge >= 0.3 is 0 Å². The van der Waals surface area contributed by atoms with E-state index in [4.69, 9.17) is 0 Å². The van der Waals surface area contributed by atoms with E-state index in [1.54, 1.807) is 48.7 Å². The van der Waals surface area contributed by atoms with Gasteiger partial charge in [0, 0.05) is 29.2 Å². The van der Waals surface area contributed by atoms with Crippen molar-refractivity contribution in [3.63, 3.8) is 0 Å². The van der Waals surface area contributed by atoms with E-state index in [0.29, 0.717) is 16.9 Å². The van der Waals surface area contributed by atoms with Gasteiger partial charge in [0.2, 0.25) is 0 Å². The number of amides is 2. The summed E-state index contributed by atoms with van der Waals surface area (Å²) in [6.45, 7) is 1.94. The Morgan fingerprint density at radius 3 is 2.30 bits per heavy atom. The van der Waals surface area contributed by atoms with Crippen LogP contribution in [0.15, 0.2) is 71.7 Å². The van der Waals surface area contributed by atoms with Crippen LogP contribution in [-0.2, 0) is 0 Å². The second kappa shape index (κ2) is 10.3. The Kier molecular flexibility index (Phi) is 7.03. The van der Waals surface area contributed by atoms with E-state index < -0.39 is 0 Å². The summed E-state index contributed by atoms with van der Waals surface area (Å²) in [5.41, 5.74) is 2.62. The highest BCUT2D eigenvalue weighted by atomic mass is 16.2. The van der Waals surface area contributed by atoms with Gasteiger partial charge in [-0.05, 0) is 68.3 Å². The fourth-order valence-electron chi connectivity index (χ4n) is 4.25. The quantitative estimate of drug-likeness (QED) is 0.553. The second-order valence-electron chi connectivity index (χ2n) is 8.63. The maximum atomic E-state index is 13.0. The number of nitrogens with zero attached hydrogens (tertiary/aromatic N) is 1. The van der Waals surface area contributed by atoms with E-state index >= 15 is 0 Å². The molecule has 1 aliphatic rings. The lowest BCUT2D eigenvalue weighted by molar-refractivity contribution is 0.0930. The van der Waals surface area contributed by atoms with Crippen molar-refractivity contribution in [2.45, 2.75) is 51.5 Å². The molecule has 2 aromatic carbocycles. The Morgan fingerprint density at radius 2 is 1.61 bits per heavy atom. The second-order valence-corrected chi connectivity index (χ2v) is 8.63. The van der Waals surface area contributed by atoms with Crippen LogP contribution in [0.3, 0.4) is 0 Å². The van der Waals surface area contributed by atoms with Crippen molar-refractivity contribution in [2.75, 3.05) is 5.32 Å². The molecule has 1 saturated carbocycles.